The number of aromatic nitrogens is 2. The maximum atomic E-state index is 9.01. The lowest BCUT2D eigenvalue weighted by Crippen LogP contribution is -2.10. The summed E-state index contributed by atoms with van der Waals surface area (Å²) in [6.07, 6.45) is 2.66. The first kappa shape index (κ1) is 13.8. The summed E-state index contributed by atoms with van der Waals surface area (Å²) in [5, 5.41) is 13.5. The van der Waals surface area contributed by atoms with Gasteiger partial charge in [-0.25, -0.2) is 4.68 Å². The SMILES string of the molecule is Cc1nn(-c2ccc(C(C)(C)C)cc2)cc1CCO. The summed E-state index contributed by atoms with van der Waals surface area (Å²) < 4.78 is 1.88. The molecule has 0 atom stereocenters. The molecule has 1 aromatic carbocycles. The Kier molecular flexibility index (Phi) is 3.76. The van der Waals surface area contributed by atoms with E-state index in [1.807, 2.05) is 17.8 Å². The molecule has 19 heavy (non-hydrogen) atoms. The van der Waals surface area contributed by atoms with Gasteiger partial charge in [-0.3, -0.25) is 0 Å². The summed E-state index contributed by atoms with van der Waals surface area (Å²) in [7, 11) is 0. The van der Waals surface area contributed by atoms with Crippen LogP contribution in [0.5, 0.6) is 0 Å². The molecule has 0 aliphatic rings. The Morgan fingerprint density at radius 2 is 1.79 bits per heavy atom. The molecule has 1 heterocycles. The van der Waals surface area contributed by atoms with E-state index in [1.54, 1.807) is 0 Å². The van der Waals surface area contributed by atoms with Crippen molar-refractivity contribution in [3.63, 3.8) is 0 Å². The van der Waals surface area contributed by atoms with Gasteiger partial charge < -0.3 is 5.11 Å². The van der Waals surface area contributed by atoms with Gasteiger partial charge in [-0.05, 0) is 42.0 Å². The lowest BCUT2D eigenvalue weighted by molar-refractivity contribution is 0.299. The van der Waals surface area contributed by atoms with Crippen LogP contribution in [-0.2, 0) is 11.8 Å². The van der Waals surface area contributed by atoms with Gasteiger partial charge in [0.1, 0.15) is 0 Å². The molecule has 0 aliphatic heterocycles. The molecule has 0 aliphatic carbocycles. The molecule has 102 valence electrons. The molecule has 1 aromatic heterocycles. The van der Waals surface area contributed by atoms with Crippen LogP contribution in [0.4, 0.5) is 0 Å². The number of rotatable bonds is 3. The highest BCUT2D eigenvalue weighted by Crippen LogP contribution is 2.23. The van der Waals surface area contributed by atoms with Gasteiger partial charge in [0.25, 0.3) is 0 Å². The zero-order valence-corrected chi connectivity index (χ0v) is 12.1. The number of aryl methyl sites for hydroxylation is 1. The van der Waals surface area contributed by atoms with Gasteiger partial charge >= 0.3 is 0 Å². The minimum absolute atomic E-state index is 0.162. The van der Waals surface area contributed by atoms with Crippen LogP contribution >= 0.6 is 0 Å². The summed E-state index contributed by atoms with van der Waals surface area (Å²) in [6.45, 7) is 8.76. The topological polar surface area (TPSA) is 38.0 Å². The highest BCUT2D eigenvalue weighted by Gasteiger charge is 2.13. The Balaban J connectivity index is 2.30. The van der Waals surface area contributed by atoms with Crippen molar-refractivity contribution in [2.24, 2.45) is 0 Å². The van der Waals surface area contributed by atoms with Crippen LogP contribution in [0, 0.1) is 6.92 Å². The second kappa shape index (κ2) is 5.17. The smallest absolute Gasteiger partial charge is 0.0645 e. The van der Waals surface area contributed by atoms with E-state index < -0.39 is 0 Å². The third kappa shape index (κ3) is 3.04. The van der Waals surface area contributed by atoms with Gasteiger partial charge in [0, 0.05) is 12.8 Å². The first-order chi connectivity index (χ1) is 8.91. The molecule has 0 radical (unpaired) electrons. The van der Waals surface area contributed by atoms with E-state index >= 15 is 0 Å². The third-order valence-electron chi connectivity index (χ3n) is 3.38. The molecule has 0 spiro atoms. The Hall–Kier alpha value is -1.61. The summed E-state index contributed by atoms with van der Waals surface area (Å²) >= 11 is 0. The van der Waals surface area contributed by atoms with Crippen LogP contribution < -0.4 is 0 Å². The Bertz CT molecular complexity index is 547. The predicted molar refractivity (Wildman–Crippen MR) is 77.8 cm³/mol. The molecule has 2 rings (SSSR count). The van der Waals surface area contributed by atoms with E-state index in [0.29, 0.717) is 6.42 Å². The van der Waals surface area contributed by atoms with E-state index in [0.717, 1.165) is 16.9 Å². The molecule has 3 nitrogen and oxygen atoms in total. The second-order valence-corrected chi connectivity index (χ2v) is 5.95. The van der Waals surface area contributed by atoms with Crippen molar-refractivity contribution in [3.05, 3.63) is 47.3 Å². The quantitative estimate of drug-likeness (QED) is 0.919. The predicted octanol–water partition coefficient (Wildman–Crippen LogP) is 3.01. The molecule has 3 heteroatoms. The molecule has 2 aromatic rings. The molecule has 0 bridgehead atoms. The standard InChI is InChI=1S/C16H22N2O/c1-12-13(9-10-19)11-18(17-12)15-7-5-14(6-8-15)16(2,3)4/h5-8,11,19H,9-10H2,1-4H3. The average Bonchev–Trinajstić information content (AvgIpc) is 2.71. The number of aliphatic hydroxyl groups excluding tert-OH is 1. The van der Waals surface area contributed by atoms with Crippen LogP contribution in [0.1, 0.15) is 37.6 Å². The van der Waals surface area contributed by atoms with E-state index in [2.05, 4.69) is 50.1 Å². The van der Waals surface area contributed by atoms with Gasteiger partial charge in [0.05, 0.1) is 11.4 Å². The van der Waals surface area contributed by atoms with E-state index in [9.17, 15) is 0 Å². The van der Waals surface area contributed by atoms with Crippen LogP contribution in [0.3, 0.4) is 0 Å². The third-order valence-corrected chi connectivity index (χ3v) is 3.38. The van der Waals surface area contributed by atoms with Crippen molar-refractivity contribution in [2.75, 3.05) is 6.61 Å². The van der Waals surface area contributed by atoms with Crippen molar-refractivity contribution < 1.29 is 5.11 Å². The first-order valence-corrected chi connectivity index (χ1v) is 6.69. The Morgan fingerprint density at radius 1 is 1.16 bits per heavy atom. The number of benzene rings is 1. The summed E-state index contributed by atoms with van der Waals surface area (Å²) in [6, 6.07) is 8.49. The van der Waals surface area contributed by atoms with Crippen molar-refractivity contribution in [1.29, 1.82) is 0 Å². The Morgan fingerprint density at radius 3 is 2.32 bits per heavy atom. The maximum Gasteiger partial charge on any atom is 0.0645 e. The number of hydrogen-bond donors (Lipinski definition) is 1. The largest absolute Gasteiger partial charge is 0.396 e. The molecule has 0 unspecified atom stereocenters. The number of hydrogen-bond acceptors (Lipinski definition) is 2. The fraction of sp³-hybridized carbons (Fsp3) is 0.438. The fourth-order valence-electron chi connectivity index (χ4n) is 2.11. The maximum absolute atomic E-state index is 9.01. The summed E-state index contributed by atoms with van der Waals surface area (Å²) in [5.74, 6) is 0. The average molecular weight is 258 g/mol. The number of nitrogens with zero attached hydrogens (tertiary/aromatic N) is 2. The Labute approximate surface area is 114 Å². The molecule has 0 saturated heterocycles. The minimum atomic E-state index is 0.162. The van der Waals surface area contributed by atoms with E-state index in [-0.39, 0.29) is 12.0 Å². The highest BCUT2D eigenvalue weighted by atomic mass is 16.2. The molecule has 0 saturated carbocycles. The van der Waals surface area contributed by atoms with E-state index in [4.69, 9.17) is 5.11 Å². The zero-order valence-electron chi connectivity index (χ0n) is 12.1. The summed E-state index contributed by atoms with van der Waals surface area (Å²) in [4.78, 5) is 0. The fourth-order valence-corrected chi connectivity index (χ4v) is 2.11. The lowest BCUT2D eigenvalue weighted by Gasteiger charge is -2.19. The summed E-state index contributed by atoms with van der Waals surface area (Å²) in [5.41, 5.74) is 4.62. The molecule has 1 N–H and O–H groups in total. The van der Waals surface area contributed by atoms with Gasteiger partial charge in [0.15, 0.2) is 0 Å². The normalized spacial score (nSPS) is 11.8. The molecular weight excluding hydrogens is 236 g/mol. The molecular formula is C16H22N2O. The van der Waals surface area contributed by atoms with Crippen molar-refractivity contribution in [1.82, 2.24) is 9.78 Å². The van der Waals surface area contributed by atoms with Gasteiger partial charge in [-0.1, -0.05) is 32.9 Å². The monoisotopic (exact) mass is 258 g/mol. The minimum Gasteiger partial charge on any atom is -0.396 e. The molecule has 0 fully saturated rings. The van der Waals surface area contributed by atoms with Crippen molar-refractivity contribution in [3.8, 4) is 5.69 Å². The van der Waals surface area contributed by atoms with Crippen LogP contribution in [0.15, 0.2) is 30.5 Å². The highest BCUT2D eigenvalue weighted by molar-refractivity contribution is 5.37. The van der Waals surface area contributed by atoms with Crippen molar-refractivity contribution in [2.45, 2.75) is 39.5 Å². The second-order valence-electron chi connectivity index (χ2n) is 5.95. The van der Waals surface area contributed by atoms with Crippen molar-refractivity contribution >= 4 is 0 Å². The van der Waals surface area contributed by atoms with Gasteiger partial charge in [-0.2, -0.15) is 5.10 Å². The first-order valence-electron chi connectivity index (χ1n) is 6.69. The number of aliphatic hydroxyl groups is 1. The zero-order chi connectivity index (χ0) is 14.0. The van der Waals surface area contributed by atoms with Gasteiger partial charge in [0.2, 0.25) is 0 Å². The van der Waals surface area contributed by atoms with Crippen LogP contribution in [-0.4, -0.2) is 21.5 Å². The van der Waals surface area contributed by atoms with Crippen LogP contribution in [0.25, 0.3) is 5.69 Å². The molecule has 0 amide bonds. The van der Waals surface area contributed by atoms with E-state index in [1.165, 1.54) is 5.56 Å². The van der Waals surface area contributed by atoms with Gasteiger partial charge in [-0.15, -0.1) is 0 Å². The van der Waals surface area contributed by atoms with Crippen LogP contribution in [0.2, 0.25) is 0 Å². The lowest BCUT2D eigenvalue weighted by atomic mass is 9.87.